The quantitative estimate of drug-likeness (QED) is 0.554. The first-order chi connectivity index (χ1) is 6.50. The highest BCUT2D eigenvalue weighted by Crippen LogP contribution is 2.28. The summed E-state index contributed by atoms with van der Waals surface area (Å²) in [4.78, 5) is 10.2. The van der Waals surface area contributed by atoms with Gasteiger partial charge in [0.05, 0.1) is 6.10 Å². The van der Waals surface area contributed by atoms with E-state index >= 15 is 0 Å². The molecule has 76 valence electrons. The lowest BCUT2D eigenvalue weighted by Crippen LogP contribution is -2.24. The summed E-state index contributed by atoms with van der Waals surface area (Å²) in [6.07, 6.45) is -1.80. The van der Waals surface area contributed by atoms with E-state index in [9.17, 15) is 15.0 Å². The van der Waals surface area contributed by atoms with E-state index in [0.29, 0.717) is 0 Å². The number of aliphatic carboxylic acids is 1. The van der Waals surface area contributed by atoms with Crippen LogP contribution < -0.4 is 5.11 Å². The van der Waals surface area contributed by atoms with E-state index in [1.165, 1.54) is 12.1 Å². The molecular formula is C9H9O5-. The molecule has 0 aromatic heterocycles. The fourth-order valence-corrected chi connectivity index (χ4v) is 1.02. The van der Waals surface area contributed by atoms with Crippen molar-refractivity contribution in [1.29, 1.82) is 0 Å². The van der Waals surface area contributed by atoms with Gasteiger partial charge in [-0.15, -0.1) is 0 Å². The predicted molar refractivity (Wildman–Crippen MR) is 44.4 cm³/mol. The van der Waals surface area contributed by atoms with Gasteiger partial charge in [-0.1, -0.05) is 6.07 Å². The Morgan fingerprint density at radius 2 is 2.00 bits per heavy atom. The fourth-order valence-electron chi connectivity index (χ4n) is 1.02. The Balaban J connectivity index is 2.85. The van der Waals surface area contributed by atoms with Crippen molar-refractivity contribution in [3.05, 3.63) is 23.8 Å². The van der Waals surface area contributed by atoms with E-state index in [-0.39, 0.29) is 11.3 Å². The maximum atomic E-state index is 10.2. The molecule has 0 spiro atoms. The van der Waals surface area contributed by atoms with Crippen LogP contribution in [0.4, 0.5) is 0 Å². The second-order valence-corrected chi connectivity index (χ2v) is 2.84. The number of aliphatic hydroxyl groups is 1. The number of phenols is 2. The zero-order valence-electron chi connectivity index (χ0n) is 7.17. The second kappa shape index (κ2) is 3.97. The molecule has 0 amide bonds. The zero-order chi connectivity index (χ0) is 10.7. The molecule has 1 atom stereocenters. The number of carbonyl (C=O) groups is 1. The molecule has 0 bridgehead atoms. The van der Waals surface area contributed by atoms with Gasteiger partial charge in [0.15, 0.2) is 11.5 Å². The lowest BCUT2D eigenvalue weighted by Gasteiger charge is -2.11. The van der Waals surface area contributed by atoms with Crippen molar-refractivity contribution in [1.82, 2.24) is 0 Å². The zero-order valence-corrected chi connectivity index (χ0v) is 7.17. The summed E-state index contributed by atoms with van der Waals surface area (Å²) in [5.74, 6) is -2.11. The average molecular weight is 197 g/mol. The molecule has 3 N–H and O–H groups in total. The first-order valence-electron chi connectivity index (χ1n) is 3.90. The molecule has 1 aromatic carbocycles. The molecule has 0 fully saturated rings. The first kappa shape index (κ1) is 10.3. The molecule has 1 rings (SSSR count). The number of carbonyl (C=O) groups excluding carboxylic acids is 1. The number of carboxylic acids is 1. The van der Waals surface area contributed by atoms with Crippen LogP contribution >= 0.6 is 0 Å². The van der Waals surface area contributed by atoms with E-state index in [2.05, 4.69) is 0 Å². The van der Waals surface area contributed by atoms with Crippen molar-refractivity contribution in [2.75, 3.05) is 0 Å². The molecule has 14 heavy (non-hydrogen) atoms. The largest absolute Gasteiger partial charge is 0.550 e. The Bertz CT molecular complexity index is 347. The number of benzene rings is 1. The summed E-state index contributed by atoms with van der Waals surface area (Å²) in [7, 11) is 0. The van der Waals surface area contributed by atoms with Crippen molar-refractivity contribution in [3.63, 3.8) is 0 Å². The third-order valence-corrected chi connectivity index (χ3v) is 1.74. The maximum absolute atomic E-state index is 10.2. The predicted octanol–water partition coefficient (Wildman–Crippen LogP) is -0.729. The molecule has 0 heterocycles. The number of carboxylic acid groups (broad SMARTS) is 1. The Hall–Kier alpha value is -1.75. The molecule has 1 unspecified atom stereocenters. The van der Waals surface area contributed by atoms with Gasteiger partial charge in [0.1, 0.15) is 0 Å². The van der Waals surface area contributed by atoms with E-state index in [4.69, 9.17) is 10.2 Å². The fraction of sp³-hybridized carbons (Fsp3) is 0.222. The van der Waals surface area contributed by atoms with Crippen LogP contribution in [0.5, 0.6) is 11.5 Å². The topological polar surface area (TPSA) is 101 Å². The number of phenolic OH excluding ortho intramolecular Hbond substituents is 2. The van der Waals surface area contributed by atoms with E-state index < -0.39 is 24.2 Å². The Morgan fingerprint density at radius 1 is 1.36 bits per heavy atom. The minimum atomic E-state index is -1.38. The number of hydrogen-bond acceptors (Lipinski definition) is 5. The highest BCUT2D eigenvalue weighted by molar-refractivity contribution is 5.65. The van der Waals surface area contributed by atoms with Crippen LogP contribution in [-0.4, -0.2) is 21.3 Å². The molecule has 5 nitrogen and oxygen atoms in total. The Kier molecular flexibility index (Phi) is 2.93. The minimum absolute atomic E-state index is 0.213. The number of hydrogen-bond donors (Lipinski definition) is 3. The lowest BCUT2D eigenvalue weighted by atomic mass is 10.1. The van der Waals surface area contributed by atoms with Crippen LogP contribution in [0.15, 0.2) is 18.2 Å². The SMILES string of the molecule is O=C([O-])CC(O)c1ccc(O)c(O)c1. The van der Waals surface area contributed by atoms with Crippen LogP contribution in [0, 0.1) is 0 Å². The lowest BCUT2D eigenvalue weighted by molar-refractivity contribution is -0.307. The molecule has 0 aliphatic heterocycles. The summed E-state index contributed by atoms with van der Waals surface area (Å²) < 4.78 is 0. The van der Waals surface area contributed by atoms with Gasteiger partial charge >= 0.3 is 0 Å². The van der Waals surface area contributed by atoms with Crippen molar-refractivity contribution >= 4 is 5.97 Å². The van der Waals surface area contributed by atoms with E-state index in [1.54, 1.807) is 0 Å². The molecule has 1 aromatic rings. The van der Waals surface area contributed by atoms with Gasteiger partial charge in [-0.25, -0.2) is 0 Å². The molecule has 0 aliphatic rings. The van der Waals surface area contributed by atoms with Crippen molar-refractivity contribution in [2.24, 2.45) is 0 Å². The van der Waals surface area contributed by atoms with Gasteiger partial charge in [-0.2, -0.15) is 0 Å². The standard InChI is InChI=1S/C9H10O5/c10-6-2-1-5(3-8(6)12)7(11)4-9(13)14/h1-3,7,10-12H,4H2,(H,13,14)/p-1. The third-order valence-electron chi connectivity index (χ3n) is 1.74. The van der Waals surface area contributed by atoms with Crippen LogP contribution in [-0.2, 0) is 4.79 Å². The highest BCUT2D eigenvalue weighted by Gasteiger charge is 2.09. The summed E-state index contributed by atoms with van der Waals surface area (Å²) in [6.45, 7) is 0. The third kappa shape index (κ3) is 2.37. The Morgan fingerprint density at radius 3 is 2.50 bits per heavy atom. The Labute approximate surface area is 79.9 Å². The molecule has 0 aliphatic carbocycles. The van der Waals surface area contributed by atoms with Crippen LogP contribution in [0.25, 0.3) is 0 Å². The molecule has 5 heteroatoms. The van der Waals surface area contributed by atoms with Crippen LogP contribution in [0.2, 0.25) is 0 Å². The van der Waals surface area contributed by atoms with Gasteiger partial charge in [-0.05, 0) is 17.7 Å². The second-order valence-electron chi connectivity index (χ2n) is 2.84. The molecular weight excluding hydrogens is 188 g/mol. The van der Waals surface area contributed by atoms with Crippen molar-refractivity contribution in [3.8, 4) is 11.5 Å². The van der Waals surface area contributed by atoms with E-state index in [0.717, 1.165) is 6.07 Å². The molecule has 0 radical (unpaired) electrons. The summed E-state index contributed by atoms with van der Waals surface area (Å²) in [5.41, 5.74) is 0.213. The summed E-state index contributed by atoms with van der Waals surface area (Å²) in [6, 6.07) is 3.59. The smallest absolute Gasteiger partial charge is 0.157 e. The number of rotatable bonds is 3. The number of aromatic hydroxyl groups is 2. The van der Waals surface area contributed by atoms with Crippen LogP contribution in [0.3, 0.4) is 0 Å². The first-order valence-corrected chi connectivity index (χ1v) is 3.90. The van der Waals surface area contributed by atoms with Crippen molar-refractivity contribution in [2.45, 2.75) is 12.5 Å². The summed E-state index contributed by atoms with van der Waals surface area (Å²) >= 11 is 0. The van der Waals surface area contributed by atoms with Gasteiger partial charge in [0.25, 0.3) is 0 Å². The van der Waals surface area contributed by atoms with Crippen LogP contribution in [0.1, 0.15) is 18.1 Å². The molecule has 0 saturated carbocycles. The number of aliphatic hydroxyl groups excluding tert-OH is 1. The highest BCUT2D eigenvalue weighted by atomic mass is 16.4. The van der Waals surface area contributed by atoms with Crippen molar-refractivity contribution < 1.29 is 25.2 Å². The van der Waals surface area contributed by atoms with E-state index in [1.807, 2.05) is 0 Å². The summed E-state index contributed by atoms with van der Waals surface area (Å²) in [5, 5.41) is 37.5. The van der Waals surface area contributed by atoms with Gasteiger partial charge in [0, 0.05) is 12.4 Å². The average Bonchev–Trinajstić information content (AvgIpc) is 2.08. The maximum Gasteiger partial charge on any atom is 0.157 e. The minimum Gasteiger partial charge on any atom is -0.550 e. The van der Waals surface area contributed by atoms with Gasteiger partial charge in [0.2, 0.25) is 0 Å². The van der Waals surface area contributed by atoms with Gasteiger partial charge < -0.3 is 25.2 Å². The molecule has 0 saturated heterocycles. The normalized spacial score (nSPS) is 12.4. The monoisotopic (exact) mass is 197 g/mol. The van der Waals surface area contributed by atoms with Gasteiger partial charge in [-0.3, -0.25) is 0 Å².